The van der Waals surface area contributed by atoms with Crippen LogP contribution in [0, 0.1) is 0 Å². The topological polar surface area (TPSA) is 15.8 Å². The van der Waals surface area contributed by atoms with E-state index in [1.807, 2.05) is 0 Å². The molecule has 0 unspecified atom stereocenters. The number of para-hydroxylation sites is 1. The van der Waals surface area contributed by atoms with Crippen molar-refractivity contribution in [2.45, 2.75) is 12.8 Å². The zero-order chi connectivity index (χ0) is 12.4. The van der Waals surface area contributed by atoms with Gasteiger partial charge in [0.2, 0.25) is 0 Å². The third-order valence-electron chi connectivity index (χ3n) is 4.52. The Morgan fingerprint density at radius 2 is 1.37 bits per heavy atom. The molecule has 0 bridgehead atoms. The number of hydrogen-bond acceptors (Lipinski definition) is 0. The van der Waals surface area contributed by atoms with Gasteiger partial charge in [-0.25, -0.2) is 0 Å². The maximum absolute atomic E-state index is 3.63. The van der Waals surface area contributed by atoms with E-state index in [1.165, 1.54) is 51.0 Å². The molecule has 3 aromatic carbocycles. The Morgan fingerprint density at radius 3 is 2.16 bits per heavy atom. The van der Waals surface area contributed by atoms with Crippen molar-refractivity contribution in [3.63, 3.8) is 0 Å². The van der Waals surface area contributed by atoms with E-state index in [0.29, 0.717) is 0 Å². The lowest BCUT2D eigenvalue weighted by atomic mass is 9.82. The van der Waals surface area contributed by atoms with E-state index in [9.17, 15) is 0 Å². The average Bonchev–Trinajstić information content (AvgIpc) is 2.76. The van der Waals surface area contributed by atoms with Crippen LogP contribution in [-0.4, -0.2) is 4.98 Å². The second-order valence-electron chi connectivity index (χ2n) is 5.42. The van der Waals surface area contributed by atoms with E-state index >= 15 is 0 Å². The van der Waals surface area contributed by atoms with E-state index in [2.05, 4.69) is 53.5 Å². The van der Waals surface area contributed by atoms with E-state index in [1.54, 1.807) is 5.56 Å². The maximum Gasteiger partial charge on any atom is 0.0506 e. The average molecular weight is 243 g/mol. The van der Waals surface area contributed by atoms with Crippen LogP contribution < -0.4 is 0 Å². The molecule has 1 aliphatic carbocycles. The fourth-order valence-electron chi connectivity index (χ4n) is 3.56. The van der Waals surface area contributed by atoms with Gasteiger partial charge in [-0.05, 0) is 40.8 Å². The Kier molecular flexibility index (Phi) is 1.61. The molecule has 0 fully saturated rings. The molecule has 0 spiro atoms. The largest absolute Gasteiger partial charge is 0.354 e. The Labute approximate surface area is 110 Å². The highest BCUT2D eigenvalue weighted by molar-refractivity contribution is 6.22. The first-order valence-electron chi connectivity index (χ1n) is 6.86. The molecule has 5 rings (SSSR count). The summed E-state index contributed by atoms with van der Waals surface area (Å²) in [4.78, 5) is 3.63. The predicted octanol–water partition coefficient (Wildman–Crippen LogP) is 4.57. The first-order valence-corrected chi connectivity index (χ1v) is 6.86. The van der Waals surface area contributed by atoms with Gasteiger partial charge in [-0.3, -0.25) is 0 Å². The minimum absolute atomic E-state index is 1.21. The van der Waals surface area contributed by atoms with E-state index in [-0.39, 0.29) is 0 Å². The van der Waals surface area contributed by atoms with Crippen molar-refractivity contribution in [2.75, 3.05) is 0 Å². The van der Waals surface area contributed by atoms with Crippen LogP contribution in [0.4, 0.5) is 0 Å². The second kappa shape index (κ2) is 3.18. The van der Waals surface area contributed by atoms with Gasteiger partial charge in [-0.1, -0.05) is 42.5 Å². The Hall–Kier alpha value is -2.28. The molecule has 0 amide bonds. The third-order valence-corrected chi connectivity index (χ3v) is 4.52. The molecule has 1 N–H and O–H groups in total. The van der Waals surface area contributed by atoms with Gasteiger partial charge in [-0.15, -0.1) is 0 Å². The smallest absolute Gasteiger partial charge is 0.0506 e. The lowest BCUT2D eigenvalue weighted by Gasteiger charge is -2.22. The summed E-state index contributed by atoms with van der Waals surface area (Å²) in [5, 5.41) is 5.60. The van der Waals surface area contributed by atoms with Crippen LogP contribution in [0.25, 0.3) is 32.6 Å². The van der Waals surface area contributed by atoms with Gasteiger partial charge < -0.3 is 4.98 Å². The SMILES string of the molecule is c1ccc2c(c1)[nH]c1c3c(c4ccccc4c12)CC3. The number of aromatic amines is 1. The highest BCUT2D eigenvalue weighted by Crippen LogP contribution is 2.41. The Bertz CT molecular complexity index is 960. The standard InChI is InChI=1S/C18H13N/c1-2-6-13-11(5-1)12-9-10-14(12)18-17(13)15-7-3-4-8-16(15)19-18/h1-8,19H,9-10H2. The molecule has 19 heavy (non-hydrogen) atoms. The molecule has 0 saturated carbocycles. The quantitative estimate of drug-likeness (QED) is 0.465. The monoisotopic (exact) mass is 243 g/mol. The van der Waals surface area contributed by atoms with Crippen LogP contribution in [0.3, 0.4) is 0 Å². The number of rotatable bonds is 0. The molecule has 1 heterocycles. The van der Waals surface area contributed by atoms with Gasteiger partial charge in [0.05, 0.1) is 5.52 Å². The van der Waals surface area contributed by atoms with Crippen molar-refractivity contribution in [3.05, 3.63) is 59.7 Å². The third kappa shape index (κ3) is 1.06. The Balaban J connectivity index is 2.19. The predicted molar refractivity (Wildman–Crippen MR) is 80.7 cm³/mol. The molecule has 1 aromatic heterocycles. The summed E-state index contributed by atoms with van der Waals surface area (Å²) in [5.41, 5.74) is 5.70. The first-order chi connectivity index (χ1) is 9.43. The van der Waals surface area contributed by atoms with Crippen LogP contribution in [-0.2, 0) is 12.8 Å². The molecule has 1 aliphatic rings. The summed E-state index contributed by atoms with van der Waals surface area (Å²) in [6, 6.07) is 17.5. The number of aryl methyl sites for hydroxylation is 2. The summed E-state index contributed by atoms with van der Waals surface area (Å²) in [7, 11) is 0. The molecule has 0 radical (unpaired) electrons. The molecule has 0 atom stereocenters. The lowest BCUT2D eigenvalue weighted by molar-refractivity contribution is 0.861. The fraction of sp³-hybridized carbons (Fsp3) is 0.111. The number of benzene rings is 3. The normalized spacial score (nSPS) is 13.9. The molecule has 4 aromatic rings. The van der Waals surface area contributed by atoms with E-state index in [0.717, 1.165) is 0 Å². The number of hydrogen-bond donors (Lipinski definition) is 1. The molecule has 1 nitrogen and oxygen atoms in total. The van der Waals surface area contributed by atoms with Crippen LogP contribution in [0.5, 0.6) is 0 Å². The minimum atomic E-state index is 1.21. The molecular weight excluding hydrogens is 230 g/mol. The van der Waals surface area contributed by atoms with Gasteiger partial charge in [0.1, 0.15) is 0 Å². The molecule has 90 valence electrons. The molecule has 0 aliphatic heterocycles. The lowest BCUT2D eigenvalue weighted by Crippen LogP contribution is -2.09. The van der Waals surface area contributed by atoms with Crippen molar-refractivity contribution >= 4 is 32.6 Å². The summed E-state index contributed by atoms with van der Waals surface area (Å²) in [6.45, 7) is 0. The first kappa shape index (κ1) is 9.62. The fourth-order valence-corrected chi connectivity index (χ4v) is 3.56. The summed E-state index contributed by atoms with van der Waals surface area (Å²) in [5.74, 6) is 0. The minimum Gasteiger partial charge on any atom is -0.354 e. The van der Waals surface area contributed by atoms with Gasteiger partial charge in [0, 0.05) is 16.3 Å². The van der Waals surface area contributed by atoms with Crippen molar-refractivity contribution < 1.29 is 0 Å². The van der Waals surface area contributed by atoms with Crippen molar-refractivity contribution in [1.29, 1.82) is 0 Å². The van der Waals surface area contributed by atoms with Gasteiger partial charge in [0.25, 0.3) is 0 Å². The summed E-state index contributed by atoms with van der Waals surface area (Å²) < 4.78 is 0. The number of aromatic nitrogens is 1. The zero-order valence-electron chi connectivity index (χ0n) is 10.5. The van der Waals surface area contributed by atoms with Crippen molar-refractivity contribution in [3.8, 4) is 0 Å². The van der Waals surface area contributed by atoms with E-state index in [4.69, 9.17) is 0 Å². The van der Waals surface area contributed by atoms with Crippen LogP contribution in [0.15, 0.2) is 48.5 Å². The number of H-pyrrole nitrogens is 1. The number of fused-ring (bicyclic) bond motifs is 8. The van der Waals surface area contributed by atoms with Crippen LogP contribution in [0.1, 0.15) is 11.1 Å². The van der Waals surface area contributed by atoms with Crippen LogP contribution >= 0.6 is 0 Å². The molecular formula is C18H13N. The highest BCUT2D eigenvalue weighted by atomic mass is 14.7. The zero-order valence-corrected chi connectivity index (χ0v) is 10.5. The molecule has 0 saturated heterocycles. The highest BCUT2D eigenvalue weighted by Gasteiger charge is 2.22. The second-order valence-corrected chi connectivity index (χ2v) is 5.42. The van der Waals surface area contributed by atoms with Gasteiger partial charge in [-0.2, -0.15) is 0 Å². The summed E-state index contributed by atoms with van der Waals surface area (Å²) in [6.07, 6.45) is 2.44. The summed E-state index contributed by atoms with van der Waals surface area (Å²) >= 11 is 0. The maximum atomic E-state index is 3.63. The van der Waals surface area contributed by atoms with E-state index < -0.39 is 0 Å². The van der Waals surface area contributed by atoms with Gasteiger partial charge in [0.15, 0.2) is 0 Å². The van der Waals surface area contributed by atoms with Crippen molar-refractivity contribution in [1.82, 2.24) is 4.98 Å². The van der Waals surface area contributed by atoms with Gasteiger partial charge >= 0.3 is 0 Å². The van der Waals surface area contributed by atoms with Crippen LogP contribution in [0.2, 0.25) is 0 Å². The van der Waals surface area contributed by atoms with Crippen molar-refractivity contribution in [2.24, 2.45) is 0 Å². The number of nitrogens with one attached hydrogen (secondary N) is 1. The Morgan fingerprint density at radius 1 is 0.684 bits per heavy atom. The molecule has 1 heteroatoms.